The predicted molar refractivity (Wildman–Crippen MR) is 77.4 cm³/mol. The highest BCUT2D eigenvalue weighted by Gasteiger charge is 2.41. The van der Waals surface area contributed by atoms with Crippen molar-refractivity contribution in [2.75, 3.05) is 13.1 Å². The molecule has 3 unspecified atom stereocenters. The summed E-state index contributed by atoms with van der Waals surface area (Å²) in [5.74, 6) is 1.73. The highest BCUT2D eigenvalue weighted by molar-refractivity contribution is 5.84. The van der Waals surface area contributed by atoms with E-state index in [0.717, 1.165) is 13.1 Å². The zero-order valence-electron chi connectivity index (χ0n) is 11.3. The topological polar surface area (TPSA) is 27.6 Å². The van der Waals surface area contributed by atoms with E-state index in [0.29, 0.717) is 18.0 Å². The number of rotatable bonds is 1. The van der Waals surface area contributed by atoms with Gasteiger partial charge in [-0.2, -0.15) is 0 Å². The van der Waals surface area contributed by atoms with E-state index in [2.05, 4.69) is 40.5 Å². The molecule has 3 nitrogen and oxygen atoms in total. The molecule has 0 spiro atoms. The van der Waals surface area contributed by atoms with E-state index < -0.39 is 0 Å². The molecule has 1 aromatic rings. The minimum absolute atomic E-state index is 0.562. The Labute approximate surface area is 114 Å². The Morgan fingerprint density at radius 3 is 2.84 bits per heavy atom. The first-order valence-electron chi connectivity index (χ1n) is 7.54. The monoisotopic (exact) mass is 255 g/mol. The lowest BCUT2D eigenvalue weighted by atomic mass is 9.90. The Bertz CT molecular complexity index is 482. The molecule has 4 rings (SSSR count). The molecule has 0 bridgehead atoms. The Hall–Kier alpha value is -1.51. The van der Waals surface area contributed by atoms with Crippen LogP contribution < -0.4 is 5.32 Å². The van der Waals surface area contributed by atoms with Gasteiger partial charge in [-0.05, 0) is 18.4 Å². The molecule has 3 atom stereocenters. The van der Waals surface area contributed by atoms with Gasteiger partial charge in [0.1, 0.15) is 0 Å². The molecule has 1 N–H and O–H groups in total. The Morgan fingerprint density at radius 2 is 1.95 bits per heavy atom. The summed E-state index contributed by atoms with van der Waals surface area (Å²) < 4.78 is 0. The number of hydrogen-bond donors (Lipinski definition) is 1. The molecule has 1 aromatic carbocycles. The summed E-state index contributed by atoms with van der Waals surface area (Å²) >= 11 is 0. The molecule has 1 aliphatic carbocycles. The molecule has 1 saturated heterocycles. The van der Waals surface area contributed by atoms with Crippen LogP contribution in [0.4, 0.5) is 0 Å². The fourth-order valence-electron chi connectivity index (χ4n) is 3.84. The highest BCUT2D eigenvalue weighted by atomic mass is 15.4. The van der Waals surface area contributed by atoms with Crippen LogP contribution in [0.1, 0.15) is 37.2 Å². The third-order valence-corrected chi connectivity index (χ3v) is 4.87. The smallest absolute Gasteiger partial charge is 0.194 e. The minimum Gasteiger partial charge on any atom is -0.351 e. The van der Waals surface area contributed by atoms with Crippen molar-refractivity contribution >= 4 is 5.96 Å². The minimum atomic E-state index is 0.562. The molecule has 1 saturated carbocycles. The second kappa shape index (κ2) is 4.55. The lowest BCUT2D eigenvalue weighted by Gasteiger charge is -2.35. The molecule has 2 fully saturated rings. The van der Waals surface area contributed by atoms with Gasteiger partial charge in [-0.3, -0.25) is 4.99 Å². The maximum atomic E-state index is 4.80. The Kier molecular flexibility index (Phi) is 2.71. The molecule has 2 heterocycles. The summed E-state index contributed by atoms with van der Waals surface area (Å²) in [5, 5.41) is 3.64. The molecule has 3 heteroatoms. The van der Waals surface area contributed by atoms with Gasteiger partial charge in [0, 0.05) is 18.5 Å². The van der Waals surface area contributed by atoms with E-state index in [9.17, 15) is 0 Å². The van der Waals surface area contributed by atoms with Crippen LogP contribution in [0.15, 0.2) is 35.3 Å². The third-order valence-electron chi connectivity index (χ3n) is 4.87. The van der Waals surface area contributed by atoms with Gasteiger partial charge in [0.15, 0.2) is 5.96 Å². The van der Waals surface area contributed by atoms with Gasteiger partial charge < -0.3 is 10.2 Å². The van der Waals surface area contributed by atoms with Crippen molar-refractivity contribution in [3.63, 3.8) is 0 Å². The van der Waals surface area contributed by atoms with Crippen LogP contribution in [0.25, 0.3) is 0 Å². The highest BCUT2D eigenvalue weighted by Crippen LogP contribution is 2.32. The average molecular weight is 255 g/mol. The van der Waals surface area contributed by atoms with Gasteiger partial charge >= 0.3 is 0 Å². The first-order chi connectivity index (χ1) is 9.42. The van der Waals surface area contributed by atoms with Crippen molar-refractivity contribution in [3.8, 4) is 0 Å². The van der Waals surface area contributed by atoms with Crippen LogP contribution in [0.2, 0.25) is 0 Å². The van der Waals surface area contributed by atoms with E-state index in [1.807, 2.05) is 0 Å². The van der Waals surface area contributed by atoms with Crippen LogP contribution in [0, 0.1) is 0 Å². The van der Waals surface area contributed by atoms with E-state index >= 15 is 0 Å². The van der Waals surface area contributed by atoms with Crippen molar-refractivity contribution in [2.45, 2.75) is 43.7 Å². The largest absolute Gasteiger partial charge is 0.351 e. The molecule has 0 amide bonds. The molecule has 19 heavy (non-hydrogen) atoms. The van der Waals surface area contributed by atoms with Gasteiger partial charge in [-0.25, -0.2) is 0 Å². The number of nitrogens with zero attached hydrogens (tertiary/aromatic N) is 2. The molecule has 100 valence electrons. The summed E-state index contributed by atoms with van der Waals surface area (Å²) in [4.78, 5) is 7.35. The summed E-state index contributed by atoms with van der Waals surface area (Å²) in [6, 6.07) is 12.2. The molecule has 2 aliphatic heterocycles. The number of benzene rings is 1. The van der Waals surface area contributed by atoms with E-state index in [1.165, 1.54) is 37.2 Å². The first-order valence-corrected chi connectivity index (χ1v) is 7.54. The maximum Gasteiger partial charge on any atom is 0.194 e. The molecule has 3 aliphatic rings. The Morgan fingerprint density at radius 1 is 1.11 bits per heavy atom. The van der Waals surface area contributed by atoms with E-state index in [-0.39, 0.29) is 0 Å². The van der Waals surface area contributed by atoms with Gasteiger partial charge in [0.25, 0.3) is 0 Å². The second-order valence-electron chi connectivity index (χ2n) is 6.03. The summed E-state index contributed by atoms with van der Waals surface area (Å²) in [7, 11) is 0. The van der Waals surface area contributed by atoms with Crippen LogP contribution in [0.3, 0.4) is 0 Å². The molecular weight excluding hydrogens is 234 g/mol. The number of nitrogens with one attached hydrogen (secondary N) is 1. The lowest BCUT2D eigenvalue weighted by molar-refractivity contribution is 0.234. The van der Waals surface area contributed by atoms with Crippen LogP contribution in [0.5, 0.6) is 0 Å². The van der Waals surface area contributed by atoms with Crippen molar-refractivity contribution in [1.29, 1.82) is 0 Å². The summed E-state index contributed by atoms with van der Waals surface area (Å²) in [6.45, 7) is 2.07. The van der Waals surface area contributed by atoms with Gasteiger partial charge in [0.2, 0.25) is 0 Å². The van der Waals surface area contributed by atoms with Crippen LogP contribution in [-0.4, -0.2) is 36.0 Å². The SMILES string of the molecule is c1ccc(C2CN=C3NC4CCCCC4N3C2)cc1. The van der Waals surface area contributed by atoms with E-state index in [1.54, 1.807) is 0 Å². The lowest BCUT2D eigenvalue weighted by Crippen LogP contribution is -2.43. The first kappa shape index (κ1) is 11.3. The standard InChI is InChI=1S/C16H21N3/c1-2-6-12(7-3-1)13-10-17-16-18-14-8-4-5-9-15(14)19(16)11-13/h1-3,6-7,13-15H,4-5,8-11H2,(H,17,18). The van der Waals surface area contributed by atoms with Crippen LogP contribution >= 0.6 is 0 Å². The fraction of sp³-hybridized carbons (Fsp3) is 0.562. The average Bonchev–Trinajstić information content (AvgIpc) is 2.86. The van der Waals surface area contributed by atoms with Crippen molar-refractivity contribution in [1.82, 2.24) is 10.2 Å². The zero-order chi connectivity index (χ0) is 12.7. The Balaban J connectivity index is 1.57. The number of hydrogen-bond acceptors (Lipinski definition) is 3. The van der Waals surface area contributed by atoms with Crippen molar-refractivity contribution in [3.05, 3.63) is 35.9 Å². The summed E-state index contributed by atoms with van der Waals surface area (Å²) in [6.07, 6.45) is 5.40. The van der Waals surface area contributed by atoms with Gasteiger partial charge in [-0.15, -0.1) is 0 Å². The number of aliphatic imine (C=N–C) groups is 1. The molecular formula is C16H21N3. The number of fused-ring (bicyclic) bond motifs is 3. The number of guanidine groups is 1. The van der Waals surface area contributed by atoms with E-state index in [4.69, 9.17) is 4.99 Å². The normalized spacial score (nSPS) is 33.2. The second-order valence-corrected chi connectivity index (χ2v) is 6.03. The van der Waals surface area contributed by atoms with Crippen molar-refractivity contribution in [2.24, 2.45) is 4.99 Å². The van der Waals surface area contributed by atoms with Crippen molar-refractivity contribution < 1.29 is 0 Å². The predicted octanol–water partition coefficient (Wildman–Crippen LogP) is 2.36. The summed E-state index contributed by atoms with van der Waals surface area (Å²) in [5.41, 5.74) is 1.43. The quantitative estimate of drug-likeness (QED) is 0.834. The van der Waals surface area contributed by atoms with Gasteiger partial charge in [-0.1, -0.05) is 43.2 Å². The third kappa shape index (κ3) is 1.92. The molecule has 0 aromatic heterocycles. The fourth-order valence-corrected chi connectivity index (χ4v) is 3.84. The zero-order valence-corrected chi connectivity index (χ0v) is 11.3. The maximum absolute atomic E-state index is 4.80. The molecule has 0 radical (unpaired) electrons. The van der Waals surface area contributed by atoms with Gasteiger partial charge in [0.05, 0.1) is 12.6 Å². The van der Waals surface area contributed by atoms with Crippen LogP contribution in [-0.2, 0) is 0 Å².